The predicted octanol–water partition coefficient (Wildman–Crippen LogP) is 1.86. The molecule has 0 atom stereocenters. The van der Waals surface area contributed by atoms with Gasteiger partial charge in [-0.05, 0) is 28.7 Å². The zero-order chi connectivity index (χ0) is 10.9. The van der Waals surface area contributed by atoms with Crippen molar-refractivity contribution < 1.29 is 18.0 Å². The van der Waals surface area contributed by atoms with Crippen molar-refractivity contribution in [3.63, 3.8) is 0 Å². The molecular weight excluding hydrogens is 312 g/mol. The maximum atomic E-state index is 12.8. The third kappa shape index (κ3) is 2.14. The van der Waals surface area contributed by atoms with Gasteiger partial charge in [-0.25, -0.2) is 13.8 Å². The van der Waals surface area contributed by atoms with Crippen LogP contribution in [0.25, 0.3) is 0 Å². The predicted molar refractivity (Wildman–Crippen MR) is 50.4 cm³/mol. The molecule has 1 rings (SSSR count). The third-order valence-corrected chi connectivity index (χ3v) is 2.25. The van der Waals surface area contributed by atoms with E-state index in [0.29, 0.717) is 0 Å². The lowest BCUT2D eigenvalue weighted by Gasteiger charge is -2.04. The van der Waals surface area contributed by atoms with Gasteiger partial charge in [-0.2, -0.15) is 4.39 Å². The highest BCUT2D eigenvalue weighted by atomic mass is 127. The number of aromatic nitrogens is 1. The Morgan fingerprint density at radius 1 is 1.57 bits per heavy atom. The standard InChI is InChI=1S/C7H4F3IN2O/c8-5(9)2-1-3(11)4(7(12)14)13-6(2)10/h1,5H,(H2,12,14). The van der Waals surface area contributed by atoms with Crippen LogP contribution >= 0.6 is 22.6 Å². The summed E-state index contributed by atoms with van der Waals surface area (Å²) in [7, 11) is 0. The summed E-state index contributed by atoms with van der Waals surface area (Å²) >= 11 is 1.59. The fraction of sp³-hybridized carbons (Fsp3) is 0.143. The van der Waals surface area contributed by atoms with Crippen LogP contribution in [0.4, 0.5) is 13.2 Å². The van der Waals surface area contributed by atoms with Crippen LogP contribution in [-0.4, -0.2) is 10.9 Å². The minimum absolute atomic E-state index is 0.104. The quantitative estimate of drug-likeness (QED) is 0.669. The van der Waals surface area contributed by atoms with E-state index in [1.165, 1.54) is 0 Å². The molecule has 1 heterocycles. The summed E-state index contributed by atoms with van der Waals surface area (Å²) in [4.78, 5) is 13.7. The van der Waals surface area contributed by atoms with Crippen molar-refractivity contribution in [1.82, 2.24) is 4.98 Å². The van der Waals surface area contributed by atoms with Crippen molar-refractivity contribution in [2.45, 2.75) is 6.43 Å². The number of carbonyl (C=O) groups excluding carboxylic acids is 1. The minimum Gasteiger partial charge on any atom is -0.364 e. The summed E-state index contributed by atoms with van der Waals surface area (Å²) < 4.78 is 37.2. The Morgan fingerprint density at radius 2 is 2.14 bits per heavy atom. The maximum Gasteiger partial charge on any atom is 0.268 e. The minimum atomic E-state index is -2.96. The Balaban J connectivity index is 3.31. The molecule has 76 valence electrons. The first-order chi connectivity index (χ1) is 6.43. The Labute approximate surface area is 90.6 Å². The lowest BCUT2D eigenvalue weighted by Crippen LogP contribution is -2.16. The highest BCUT2D eigenvalue weighted by Gasteiger charge is 2.19. The molecule has 0 radical (unpaired) electrons. The number of carbonyl (C=O) groups is 1. The van der Waals surface area contributed by atoms with Crippen LogP contribution in [0.5, 0.6) is 0 Å². The van der Waals surface area contributed by atoms with Crippen LogP contribution in [-0.2, 0) is 0 Å². The summed E-state index contributed by atoms with van der Waals surface area (Å²) in [6.45, 7) is 0. The number of alkyl halides is 2. The summed E-state index contributed by atoms with van der Waals surface area (Å²) in [5.74, 6) is -2.32. The molecule has 0 spiro atoms. The van der Waals surface area contributed by atoms with Crippen LogP contribution < -0.4 is 5.73 Å². The van der Waals surface area contributed by atoms with Crippen molar-refractivity contribution in [3.05, 3.63) is 26.8 Å². The number of nitrogens with zero attached hydrogens (tertiary/aromatic N) is 1. The van der Waals surface area contributed by atoms with E-state index in [0.717, 1.165) is 6.07 Å². The molecule has 0 saturated heterocycles. The van der Waals surface area contributed by atoms with Gasteiger partial charge in [-0.15, -0.1) is 0 Å². The second-order valence-electron chi connectivity index (χ2n) is 2.36. The molecule has 3 nitrogen and oxygen atoms in total. The van der Waals surface area contributed by atoms with Crippen molar-refractivity contribution in [3.8, 4) is 0 Å². The van der Waals surface area contributed by atoms with Gasteiger partial charge in [0.05, 0.1) is 5.56 Å². The van der Waals surface area contributed by atoms with Crippen molar-refractivity contribution in [2.24, 2.45) is 5.73 Å². The summed E-state index contributed by atoms with van der Waals surface area (Å²) in [5.41, 5.74) is 3.68. The molecule has 0 aliphatic heterocycles. The summed E-state index contributed by atoms with van der Waals surface area (Å²) in [5, 5.41) is 0. The van der Waals surface area contributed by atoms with Gasteiger partial charge in [0.25, 0.3) is 12.3 Å². The molecule has 0 aliphatic rings. The first-order valence-electron chi connectivity index (χ1n) is 3.37. The van der Waals surface area contributed by atoms with Crippen molar-refractivity contribution in [1.29, 1.82) is 0 Å². The highest BCUT2D eigenvalue weighted by Crippen LogP contribution is 2.23. The molecule has 0 saturated carbocycles. The third-order valence-electron chi connectivity index (χ3n) is 1.43. The number of primary amides is 1. The monoisotopic (exact) mass is 316 g/mol. The number of hydrogen-bond donors (Lipinski definition) is 1. The van der Waals surface area contributed by atoms with Gasteiger partial charge in [0.15, 0.2) is 0 Å². The number of amides is 1. The number of nitrogens with two attached hydrogens (primary N) is 1. The van der Waals surface area contributed by atoms with E-state index in [9.17, 15) is 18.0 Å². The first-order valence-corrected chi connectivity index (χ1v) is 4.45. The summed E-state index contributed by atoms with van der Waals surface area (Å²) in [6.07, 6.45) is -2.96. The molecule has 1 aromatic heterocycles. The fourth-order valence-corrected chi connectivity index (χ4v) is 1.53. The molecule has 1 amide bonds. The molecule has 2 N–H and O–H groups in total. The molecule has 7 heteroatoms. The average molecular weight is 316 g/mol. The van der Waals surface area contributed by atoms with Gasteiger partial charge in [-0.3, -0.25) is 4.79 Å². The van der Waals surface area contributed by atoms with E-state index in [-0.39, 0.29) is 9.26 Å². The molecule has 0 aliphatic carbocycles. The Bertz CT molecular complexity index is 383. The van der Waals surface area contributed by atoms with E-state index in [1.54, 1.807) is 22.6 Å². The maximum absolute atomic E-state index is 12.8. The second kappa shape index (κ2) is 4.11. The Hall–Kier alpha value is -0.860. The topological polar surface area (TPSA) is 56.0 Å². The normalized spacial score (nSPS) is 10.6. The van der Waals surface area contributed by atoms with E-state index in [4.69, 9.17) is 5.73 Å². The summed E-state index contributed by atoms with van der Waals surface area (Å²) in [6, 6.07) is 0.855. The first kappa shape index (κ1) is 11.2. The van der Waals surface area contributed by atoms with E-state index < -0.39 is 23.8 Å². The van der Waals surface area contributed by atoms with E-state index in [1.807, 2.05) is 0 Å². The largest absolute Gasteiger partial charge is 0.364 e. The molecule has 14 heavy (non-hydrogen) atoms. The van der Waals surface area contributed by atoms with Crippen molar-refractivity contribution >= 4 is 28.5 Å². The van der Waals surface area contributed by atoms with Gasteiger partial charge in [-0.1, -0.05) is 0 Å². The molecule has 0 aromatic carbocycles. The molecule has 0 unspecified atom stereocenters. The van der Waals surface area contributed by atoms with Gasteiger partial charge in [0.2, 0.25) is 5.95 Å². The van der Waals surface area contributed by atoms with E-state index >= 15 is 0 Å². The SMILES string of the molecule is NC(=O)c1nc(F)c(C(F)F)cc1I. The van der Waals surface area contributed by atoms with Crippen molar-refractivity contribution in [2.75, 3.05) is 0 Å². The van der Waals surface area contributed by atoms with E-state index in [2.05, 4.69) is 4.98 Å². The zero-order valence-corrected chi connectivity index (χ0v) is 8.76. The highest BCUT2D eigenvalue weighted by molar-refractivity contribution is 14.1. The number of hydrogen-bond acceptors (Lipinski definition) is 2. The molecule has 0 bridgehead atoms. The van der Waals surface area contributed by atoms with Crippen LogP contribution in [0.2, 0.25) is 0 Å². The van der Waals surface area contributed by atoms with Crippen LogP contribution in [0, 0.1) is 9.52 Å². The molecular formula is C7H4F3IN2O. The second-order valence-corrected chi connectivity index (χ2v) is 3.53. The molecule has 0 fully saturated rings. The van der Waals surface area contributed by atoms with Gasteiger partial charge >= 0.3 is 0 Å². The van der Waals surface area contributed by atoms with Gasteiger partial charge in [0.1, 0.15) is 5.69 Å². The lowest BCUT2D eigenvalue weighted by atomic mass is 10.2. The van der Waals surface area contributed by atoms with Gasteiger partial charge < -0.3 is 5.73 Å². The Kier molecular flexibility index (Phi) is 3.29. The lowest BCUT2D eigenvalue weighted by molar-refractivity contribution is 0.0991. The average Bonchev–Trinajstić information content (AvgIpc) is 2.07. The number of pyridine rings is 1. The van der Waals surface area contributed by atoms with Crippen LogP contribution in [0.15, 0.2) is 6.07 Å². The smallest absolute Gasteiger partial charge is 0.268 e. The number of halogens is 4. The Morgan fingerprint density at radius 3 is 2.57 bits per heavy atom. The molecule has 1 aromatic rings. The van der Waals surface area contributed by atoms with Crippen LogP contribution in [0.3, 0.4) is 0 Å². The van der Waals surface area contributed by atoms with Gasteiger partial charge in [0, 0.05) is 3.57 Å². The van der Waals surface area contributed by atoms with Crippen LogP contribution in [0.1, 0.15) is 22.5 Å². The number of rotatable bonds is 2. The zero-order valence-electron chi connectivity index (χ0n) is 6.60. The fourth-order valence-electron chi connectivity index (χ4n) is 0.806.